The van der Waals surface area contributed by atoms with Gasteiger partial charge in [0.25, 0.3) is 0 Å². The number of carboxylic acid groups (broad SMARTS) is 1. The van der Waals surface area contributed by atoms with Crippen molar-refractivity contribution in [1.82, 2.24) is 0 Å². The Hall–Kier alpha value is -1.43. The third-order valence-electron chi connectivity index (χ3n) is 1.69. The molecule has 2 atom stereocenters. The normalized spacial score (nSPS) is 13.2. The summed E-state index contributed by atoms with van der Waals surface area (Å²) in [5.74, 6) is -2.51. The first-order valence-electron chi connectivity index (χ1n) is 4.34. The minimum atomic E-state index is -1.44. The Labute approximate surface area is 96.0 Å². The molecule has 6 heteroatoms. The van der Waals surface area contributed by atoms with Gasteiger partial charge in [0, 0.05) is 8.54 Å². The van der Waals surface area contributed by atoms with Crippen LogP contribution in [0.4, 0.5) is 0 Å². The van der Waals surface area contributed by atoms with Gasteiger partial charge in [-0.2, -0.15) is 0 Å². The molecule has 2 unspecified atom stereocenters. The first-order chi connectivity index (χ1) is 6.88. The number of carbonyl (C=O) groups is 3. The molecule has 0 heterocycles. The minimum Gasteiger partial charge on any atom is -0.478 e. The number of Topliss-reactive ketones (excluding diaryl/α,β-unsaturated/α-hetero) is 1. The zero-order valence-corrected chi connectivity index (χ0v) is 8.85. The summed E-state index contributed by atoms with van der Waals surface area (Å²) in [7, 11) is 1.30. The van der Waals surface area contributed by atoms with Crippen LogP contribution in [0.3, 0.4) is 0 Å². The van der Waals surface area contributed by atoms with Crippen LogP contribution < -0.4 is 0 Å². The van der Waals surface area contributed by atoms with Crippen molar-refractivity contribution < 1.29 is 30.4 Å². The predicted molar refractivity (Wildman–Crippen MR) is 58.1 cm³/mol. The monoisotopic (exact) mass is 237 g/mol. The lowest BCUT2D eigenvalue weighted by Crippen LogP contribution is -2.33. The molecule has 0 amide bonds. The van der Waals surface area contributed by atoms with Gasteiger partial charge < -0.3 is 14.6 Å². The summed E-state index contributed by atoms with van der Waals surface area (Å²) in [4.78, 5) is 32.5. The van der Waals surface area contributed by atoms with Gasteiger partial charge in [-0.15, -0.1) is 0 Å². The number of aliphatic carboxylic acids is 1. The fourth-order valence-corrected chi connectivity index (χ4v) is 0.773. The summed E-state index contributed by atoms with van der Waals surface area (Å²) in [5, 5.41) is 8.66. The van der Waals surface area contributed by atoms with E-state index in [4.69, 9.17) is 5.11 Å². The van der Waals surface area contributed by atoms with Gasteiger partial charge in [0.05, 0.1) is 6.42 Å². The molecule has 0 aromatic carbocycles. The van der Waals surface area contributed by atoms with Gasteiger partial charge in [-0.05, 0) is 13.8 Å². The van der Waals surface area contributed by atoms with Crippen LogP contribution in [0.5, 0.6) is 0 Å². The van der Waals surface area contributed by atoms with Gasteiger partial charge in [-0.25, -0.2) is 9.59 Å². The van der Waals surface area contributed by atoms with Crippen molar-refractivity contribution in [1.29, 1.82) is 0 Å². The van der Waals surface area contributed by atoms with E-state index >= 15 is 0 Å². The lowest BCUT2D eigenvalue weighted by Gasteiger charge is -2.14. The third kappa shape index (κ3) is 6.13. The van der Waals surface area contributed by atoms with Crippen molar-refractivity contribution in [2.75, 3.05) is 7.11 Å². The molecule has 0 bridgehead atoms. The maximum absolute atomic E-state index is 11.1. The van der Waals surface area contributed by atoms with Crippen molar-refractivity contribution in [3.05, 3.63) is 0 Å². The van der Waals surface area contributed by atoms with E-state index in [0.717, 1.165) is 0 Å². The number of carbonyl (C=O) groups excluding carboxylic acids is 2. The average molecular weight is 237 g/mol. The second-order valence-corrected chi connectivity index (χ2v) is 3.05. The van der Waals surface area contributed by atoms with E-state index in [0.29, 0.717) is 0 Å². The molecule has 0 aliphatic carbocycles. The number of ketones is 1. The highest BCUT2D eigenvalue weighted by Gasteiger charge is 2.26. The van der Waals surface area contributed by atoms with Crippen LogP contribution in [0.25, 0.3) is 0 Å². The highest BCUT2D eigenvalue weighted by molar-refractivity contribution is 5.86. The number of esters is 1. The molecule has 0 aliphatic rings. The number of methoxy groups -OCH3 is 1. The van der Waals surface area contributed by atoms with E-state index in [1.807, 2.05) is 0 Å². The van der Waals surface area contributed by atoms with E-state index in [1.54, 1.807) is 0 Å². The Morgan fingerprint density at radius 3 is 2.19 bits per heavy atom. The smallest absolute Gasteiger partial charge is 0.345 e. The topological polar surface area (TPSA) is 89.9 Å². The average Bonchev–Trinajstić information content (AvgIpc) is 2.14. The predicted octanol–water partition coefficient (Wildman–Crippen LogP) is 0.879. The molecule has 1 N–H and O–H groups in total. The van der Waals surface area contributed by atoms with Crippen molar-refractivity contribution >= 4 is 17.7 Å². The first-order valence-corrected chi connectivity index (χ1v) is 4.34. The van der Waals surface area contributed by atoms with E-state index < -0.39 is 24.1 Å². The maximum Gasteiger partial charge on any atom is 0.345 e. The summed E-state index contributed by atoms with van der Waals surface area (Å²) in [6.07, 6.45) is -2.62. The van der Waals surface area contributed by atoms with E-state index in [1.165, 1.54) is 21.0 Å². The standard InChI is InChI=1S/C9H14O6.CH4.H2/c1-5(10)4-7(8(11)12)15-9(13)6(2)14-3;;/h6-7H,4H2,1-3H3,(H,11,12);1H4;1H/i;;1+1. The second-order valence-electron chi connectivity index (χ2n) is 3.05. The highest BCUT2D eigenvalue weighted by Crippen LogP contribution is 2.03. The van der Waals surface area contributed by atoms with Gasteiger partial charge in [0.15, 0.2) is 6.10 Å². The summed E-state index contributed by atoms with van der Waals surface area (Å²) in [5.41, 5.74) is 0. The number of hydrogen-bond acceptors (Lipinski definition) is 5. The van der Waals surface area contributed by atoms with E-state index in [9.17, 15) is 14.4 Å². The Morgan fingerprint density at radius 2 is 1.88 bits per heavy atom. The van der Waals surface area contributed by atoms with Crippen LogP contribution in [-0.2, 0) is 23.9 Å². The molecule has 6 nitrogen and oxygen atoms in total. The molecule has 0 fully saturated rings. The van der Waals surface area contributed by atoms with Crippen molar-refractivity contribution in [2.24, 2.45) is 0 Å². The molecule has 0 aliphatic heterocycles. The van der Waals surface area contributed by atoms with Gasteiger partial charge >= 0.3 is 11.9 Å². The largest absolute Gasteiger partial charge is 0.478 e. The van der Waals surface area contributed by atoms with Crippen LogP contribution in [-0.4, -0.2) is 42.1 Å². The van der Waals surface area contributed by atoms with Gasteiger partial charge in [-0.1, -0.05) is 7.43 Å². The molecule has 0 radical (unpaired) electrons. The molecular weight excluding hydrogens is 216 g/mol. The highest BCUT2D eigenvalue weighted by atomic mass is 16.6. The van der Waals surface area contributed by atoms with Crippen LogP contribution in [0.2, 0.25) is 0 Å². The molecule has 0 rings (SSSR count). The summed E-state index contributed by atoms with van der Waals surface area (Å²) < 4.78 is 9.24. The van der Waals surface area contributed by atoms with Crippen LogP contribution in [0, 0.1) is 0 Å². The molecule has 0 saturated heterocycles. The lowest BCUT2D eigenvalue weighted by molar-refractivity contribution is -0.171. The Morgan fingerprint density at radius 1 is 1.38 bits per heavy atom. The van der Waals surface area contributed by atoms with Crippen LogP contribution in [0.1, 0.15) is 29.1 Å². The van der Waals surface area contributed by atoms with Gasteiger partial charge in [0.1, 0.15) is 5.78 Å². The van der Waals surface area contributed by atoms with Gasteiger partial charge in [-0.3, -0.25) is 4.79 Å². The first kappa shape index (κ1) is 17.0. The zero-order valence-electron chi connectivity index (χ0n) is 8.85. The summed E-state index contributed by atoms with van der Waals surface area (Å²) in [6.45, 7) is 2.65. The SMILES string of the molecule is C.COC(C)C(=O)OC(CC(C)=O)C(=O)O.[2HH]. The lowest BCUT2D eigenvalue weighted by atomic mass is 10.2. The molecule has 96 valence electrons. The summed E-state index contributed by atoms with van der Waals surface area (Å²) in [6, 6.07) is 0. The Balaban J connectivity index is -0.000000980. The molecular formula is C10H20O6. The number of hydrogen-bond donors (Lipinski definition) is 1. The summed E-state index contributed by atoms with van der Waals surface area (Å²) >= 11 is 0. The van der Waals surface area contributed by atoms with E-state index in [-0.39, 0.29) is 21.1 Å². The molecule has 0 saturated carbocycles. The van der Waals surface area contributed by atoms with Crippen LogP contribution in [0.15, 0.2) is 0 Å². The number of ether oxygens (including phenoxy) is 2. The van der Waals surface area contributed by atoms with E-state index in [2.05, 4.69) is 9.47 Å². The third-order valence-corrected chi connectivity index (χ3v) is 1.69. The quantitative estimate of drug-likeness (QED) is 0.690. The van der Waals surface area contributed by atoms with Gasteiger partial charge in [0.2, 0.25) is 6.10 Å². The fourth-order valence-electron chi connectivity index (χ4n) is 0.773. The Bertz CT molecular complexity index is 266. The second kappa shape index (κ2) is 7.81. The fraction of sp³-hybridized carbons (Fsp3) is 0.700. The molecule has 0 aromatic heterocycles. The van der Waals surface area contributed by atoms with Crippen molar-refractivity contribution in [3.63, 3.8) is 0 Å². The van der Waals surface area contributed by atoms with Crippen LogP contribution >= 0.6 is 0 Å². The molecule has 16 heavy (non-hydrogen) atoms. The number of rotatable bonds is 6. The minimum absolute atomic E-state index is 0. The number of carboxylic acids is 1. The Kier molecular flexibility index (Phi) is 8.29. The maximum atomic E-state index is 11.1. The molecule has 0 aromatic rings. The van der Waals surface area contributed by atoms with Crippen molar-refractivity contribution in [2.45, 2.75) is 39.9 Å². The zero-order chi connectivity index (χ0) is 12.0. The molecule has 0 spiro atoms. The van der Waals surface area contributed by atoms with Crippen molar-refractivity contribution in [3.8, 4) is 0 Å².